The van der Waals surface area contributed by atoms with E-state index in [9.17, 15) is 22.0 Å². The van der Waals surface area contributed by atoms with Crippen molar-refractivity contribution in [2.45, 2.75) is 11.5 Å². The second-order valence-electron chi connectivity index (χ2n) is 4.50. The van der Waals surface area contributed by atoms with Gasteiger partial charge in [-0.3, -0.25) is 0 Å². The molecule has 2 rings (SSSR count). The average Bonchev–Trinajstić information content (AvgIpc) is 2.45. The maximum atomic E-state index is 13.7. The van der Waals surface area contributed by atoms with Crippen LogP contribution in [0.5, 0.6) is 0 Å². The third-order valence-corrected chi connectivity index (χ3v) is 4.12. The van der Waals surface area contributed by atoms with Gasteiger partial charge in [-0.15, -0.1) is 0 Å². The molecule has 0 atom stereocenters. The van der Waals surface area contributed by atoms with Crippen molar-refractivity contribution in [2.24, 2.45) is 5.14 Å². The minimum Gasteiger partial charge on any atom is -0.457 e. The van der Waals surface area contributed by atoms with E-state index < -0.39 is 38.1 Å². The van der Waals surface area contributed by atoms with Crippen molar-refractivity contribution in [3.05, 3.63) is 64.2 Å². The van der Waals surface area contributed by atoms with Gasteiger partial charge in [0.05, 0.1) is 15.5 Å². The summed E-state index contributed by atoms with van der Waals surface area (Å²) >= 11 is 5.77. The number of nitrogens with two attached hydrogens (primary N) is 1. The maximum absolute atomic E-state index is 13.7. The second kappa shape index (κ2) is 6.61. The highest BCUT2D eigenvalue weighted by Crippen LogP contribution is 2.20. The molecule has 0 bridgehead atoms. The van der Waals surface area contributed by atoms with Gasteiger partial charge in [0.2, 0.25) is 10.0 Å². The lowest BCUT2D eigenvalue weighted by atomic mass is 10.2. The van der Waals surface area contributed by atoms with Gasteiger partial charge in [-0.25, -0.2) is 27.1 Å². The van der Waals surface area contributed by atoms with E-state index in [-0.39, 0.29) is 11.6 Å². The number of carbonyl (C=O) groups is 1. The number of hydrogen-bond donors (Lipinski definition) is 1. The van der Waals surface area contributed by atoms with E-state index in [0.717, 1.165) is 30.3 Å². The molecule has 0 unspecified atom stereocenters. The molecule has 0 radical (unpaired) electrons. The topological polar surface area (TPSA) is 86.5 Å². The van der Waals surface area contributed by atoms with E-state index in [0.29, 0.717) is 5.56 Å². The largest absolute Gasteiger partial charge is 0.457 e. The number of rotatable bonds is 4. The van der Waals surface area contributed by atoms with Gasteiger partial charge in [0.25, 0.3) is 0 Å². The molecule has 0 aromatic heterocycles. The Labute approximate surface area is 135 Å². The Morgan fingerprint density at radius 2 is 1.87 bits per heavy atom. The number of halogens is 3. The maximum Gasteiger partial charge on any atom is 0.341 e. The monoisotopic (exact) mass is 361 g/mol. The van der Waals surface area contributed by atoms with Gasteiger partial charge in [0.15, 0.2) is 0 Å². The minimum absolute atomic E-state index is 0.0385. The van der Waals surface area contributed by atoms with Crippen LogP contribution in [-0.2, 0) is 21.4 Å². The van der Waals surface area contributed by atoms with Crippen LogP contribution in [-0.4, -0.2) is 14.4 Å². The molecule has 0 spiro atoms. The average molecular weight is 362 g/mol. The molecule has 0 amide bonds. The van der Waals surface area contributed by atoms with Crippen molar-refractivity contribution >= 4 is 27.6 Å². The van der Waals surface area contributed by atoms with Crippen molar-refractivity contribution in [3.63, 3.8) is 0 Å². The number of benzene rings is 2. The SMILES string of the molecule is NS(=O)(=O)c1ccc(F)c(C(=O)OCc2ccc(F)cc2Cl)c1. The highest BCUT2D eigenvalue weighted by Gasteiger charge is 2.18. The van der Waals surface area contributed by atoms with Crippen LogP contribution in [0.2, 0.25) is 5.02 Å². The van der Waals surface area contributed by atoms with Crippen molar-refractivity contribution in [1.82, 2.24) is 0 Å². The molecule has 0 heterocycles. The molecule has 0 aliphatic carbocycles. The number of ether oxygens (including phenoxy) is 1. The molecule has 0 saturated carbocycles. The fourth-order valence-corrected chi connectivity index (χ4v) is 2.46. The molecule has 0 aliphatic rings. The van der Waals surface area contributed by atoms with E-state index in [1.165, 1.54) is 6.07 Å². The van der Waals surface area contributed by atoms with Gasteiger partial charge in [-0.05, 0) is 30.3 Å². The van der Waals surface area contributed by atoms with Gasteiger partial charge < -0.3 is 4.74 Å². The molecule has 5 nitrogen and oxygen atoms in total. The van der Waals surface area contributed by atoms with Gasteiger partial charge in [-0.1, -0.05) is 17.7 Å². The molecule has 2 aromatic carbocycles. The summed E-state index contributed by atoms with van der Waals surface area (Å²) in [6.07, 6.45) is 0. The number of primary sulfonamides is 1. The van der Waals surface area contributed by atoms with Gasteiger partial charge in [0.1, 0.15) is 18.2 Å². The zero-order valence-corrected chi connectivity index (χ0v) is 13.0. The molecule has 2 aromatic rings. The van der Waals surface area contributed by atoms with Crippen LogP contribution < -0.4 is 5.14 Å². The van der Waals surface area contributed by atoms with Crippen LogP contribution in [0.25, 0.3) is 0 Å². The number of sulfonamides is 1. The predicted molar refractivity (Wildman–Crippen MR) is 78.3 cm³/mol. The predicted octanol–water partition coefficient (Wildman–Crippen LogP) is 2.62. The summed E-state index contributed by atoms with van der Waals surface area (Å²) in [6.45, 7) is -0.336. The fraction of sp³-hybridized carbons (Fsp3) is 0.0714. The summed E-state index contributed by atoms with van der Waals surface area (Å²) < 4.78 is 53.9. The summed E-state index contributed by atoms with van der Waals surface area (Å²) in [5.41, 5.74) is -0.279. The molecule has 9 heteroatoms. The normalized spacial score (nSPS) is 11.3. The van der Waals surface area contributed by atoms with Crippen molar-refractivity contribution in [2.75, 3.05) is 0 Å². The number of hydrogen-bond acceptors (Lipinski definition) is 4. The van der Waals surface area contributed by atoms with Gasteiger partial charge >= 0.3 is 5.97 Å². The van der Waals surface area contributed by atoms with Crippen LogP contribution >= 0.6 is 11.6 Å². The number of esters is 1. The van der Waals surface area contributed by atoms with Crippen LogP contribution in [0.4, 0.5) is 8.78 Å². The first-order chi connectivity index (χ1) is 10.7. The first kappa shape index (κ1) is 17.3. The summed E-state index contributed by atoms with van der Waals surface area (Å²) in [5, 5.41) is 4.96. The van der Waals surface area contributed by atoms with E-state index in [1.54, 1.807) is 0 Å². The first-order valence-electron chi connectivity index (χ1n) is 6.12. The lowest BCUT2D eigenvalue weighted by molar-refractivity contribution is 0.0467. The minimum atomic E-state index is -4.09. The molecular weight excluding hydrogens is 352 g/mol. The molecular formula is C14H10ClF2NO4S. The van der Waals surface area contributed by atoms with Crippen molar-refractivity contribution in [3.8, 4) is 0 Å². The van der Waals surface area contributed by atoms with E-state index >= 15 is 0 Å². The van der Waals surface area contributed by atoms with Crippen molar-refractivity contribution in [1.29, 1.82) is 0 Å². The molecule has 23 heavy (non-hydrogen) atoms. The molecule has 0 aliphatic heterocycles. The number of carbonyl (C=O) groups excluding carboxylic acids is 1. The quantitative estimate of drug-likeness (QED) is 0.848. The lowest BCUT2D eigenvalue weighted by Crippen LogP contribution is -2.14. The van der Waals surface area contributed by atoms with E-state index in [2.05, 4.69) is 0 Å². The zero-order chi connectivity index (χ0) is 17.2. The highest BCUT2D eigenvalue weighted by atomic mass is 35.5. The van der Waals surface area contributed by atoms with Crippen LogP contribution in [0, 0.1) is 11.6 Å². The second-order valence-corrected chi connectivity index (χ2v) is 6.47. The van der Waals surface area contributed by atoms with Gasteiger partial charge in [-0.2, -0.15) is 0 Å². The van der Waals surface area contributed by atoms with Gasteiger partial charge in [0, 0.05) is 5.56 Å². The Bertz CT molecular complexity index is 871. The third kappa shape index (κ3) is 4.25. The smallest absolute Gasteiger partial charge is 0.341 e. The summed E-state index contributed by atoms with van der Waals surface area (Å²) in [5.74, 6) is -2.63. The Kier molecular flexibility index (Phi) is 4.98. The van der Waals surface area contributed by atoms with Crippen LogP contribution in [0.3, 0.4) is 0 Å². The molecule has 0 fully saturated rings. The van der Waals surface area contributed by atoms with Crippen molar-refractivity contribution < 1.29 is 26.7 Å². The fourth-order valence-electron chi connectivity index (χ4n) is 1.70. The molecule has 2 N–H and O–H groups in total. The Morgan fingerprint density at radius 3 is 2.48 bits per heavy atom. The Balaban J connectivity index is 2.21. The third-order valence-electron chi connectivity index (χ3n) is 2.86. The first-order valence-corrected chi connectivity index (χ1v) is 8.04. The summed E-state index contributed by atoms with van der Waals surface area (Å²) in [6, 6.07) is 5.96. The van der Waals surface area contributed by atoms with E-state index in [4.69, 9.17) is 21.5 Å². The highest BCUT2D eigenvalue weighted by molar-refractivity contribution is 7.89. The van der Waals surface area contributed by atoms with Crippen LogP contribution in [0.15, 0.2) is 41.3 Å². The molecule has 122 valence electrons. The van der Waals surface area contributed by atoms with E-state index in [1.807, 2.05) is 0 Å². The summed E-state index contributed by atoms with van der Waals surface area (Å²) in [7, 11) is -4.09. The standard InChI is InChI=1S/C14H10ClF2NO4S/c15-12-5-9(16)2-1-8(12)7-22-14(19)11-6-10(23(18,20)21)3-4-13(11)17/h1-6H,7H2,(H2,18,20,21). The Hall–Kier alpha value is -2.03. The zero-order valence-electron chi connectivity index (χ0n) is 11.4. The lowest BCUT2D eigenvalue weighted by Gasteiger charge is -2.08. The summed E-state index contributed by atoms with van der Waals surface area (Å²) in [4.78, 5) is 11.5. The van der Waals surface area contributed by atoms with Crippen LogP contribution in [0.1, 0.15) is 15.9 Å². The Morgan fingerprint density at radius 1 is 1.17 bits per heavy atom. The molecule has 0 saturated heterocycles.